The van der Waals surface area contributed by atoms with Crippen LogP contribution in [0.25, 0.3) is 0 Å². The first-order valence-electron chi connectivity index (χ1n) is 10.3. The predicted octanol–water partition coefficient (Wildman–Crippen LogP) is 3.37. The molecule has 0 unspecified atom stereocenters. The van der Waals surface area contributed by atoms with Crippen molar-refractivity contribution in [1.82, 2.24) is 9.62 Å². The van der Waals surface area contributed by atoms with Crippen LogP contribution in [0.15, 0.2) is 52.3 Å². The van der Waals surface area contributed by atoms with E-state index in [2.05, 4.69) is 40.1 Å². The van der Waals surface area contributed by atoms with Crippen molar-refractivity contribution < 1.29 is 17.9 Å². The minimum Gasteiger partial charge on any atom is -0.486 e. The van der Waals surface area contributed by atoms with Gasteiger partial charge in [0, 0.05) is 24.1 Å². The number of hydrogen-bond donors (Lipinski definition) is 1. The van der Waals surface area contributed by atoms with E-state index in [-0.39, 0.29) is 4.90 Å². The molecule has 0 spiro atoms. The number of benzene rings is 2. The second-order valence-corrected chi connectivity index (χ2v) is 10.3. The van der Waals surface area contributed by atoms with Gasteiger partial charge in [-0.1, -0.05) is 18.2 Å². The summed E-state index contributed by atoms with van der Waals surface area (Å²) < 4.78 is 39.2. The predicted molar refractivity (Wildman–Crippen MR) is 119 cm³/mol. The van der Waals surface area contributed by atoms with E-state index in [0.717, 1.165) is 32.5 Å². The first-order chi connectivity index (χ1) is 14.5. The molecule has 6 nitrogen and oxygen atoms in total. The number of nitrogens with zero attached hydrogens (tertiary/aromatic N) is 1. The van der Waals surface area contributed by atoms with E-state index in [4.69, 9.17) is 9.47 Å². The van der Waals surface area contributed by atoms with E-state index in [1.165, 1.54) is 10.5 Å². The maximum atomic E-state index is 12.7. The summed E-state index contributed by atoms with van der Waals surface area (Å²) in [5, 5.41) is 0. The molecule has 0 atom stereocenters. The molecule has 2 aliphatic heterocycles. The van der Waals surface area contributed by atoms with Gasteiger partial charge in [-0.25, -0.2) is 13.1 Å². The second kappa shape index (κ2) is 9.60. The fraction of sp³-hybridized carbons (Fsp3) is 0.455. The SMILES string of the molecule is CSc1ccccc1CN1CCC(CNS(=O)(=O)c2ccc3c(c2)OCCO3)CC1. The van der Waals surface area contributed by atoms with Gasteiger partial charge >= 0.3 is 0 Å². The Morgan fingerprint density at radius 1 is 1.07 bits per heavy atom. The Morgan fingerprint density at radius 3 is 2.57 bits per heavy atom. The highest BCUT2D eigenvalue weighted by Crippen LogP contribution is 2.32. The lowest BCUT2D eigenvalue weighted by Gasteiger charge is -2.32. The van der Waals surface area contributed by atoms with Crippen LogP contribution >= 0.6 is 11.8 Å². The van der Waals surface area contributed by atoms with Crippen LogP contribution in [0.4, 0.5) is 0 Å². The molecule has 30 heavy (non-hydrogen) atoms. The minimum absolute atomic E-state index is 0.220. The Kier molecular flexibility index (Phi) is 6.87. The zero-order valence-corrected chi connectivity index (χ0v) is 18.8. The van der Waals surface area contributed by atoms with Gasteiger partial charge in [-0.2, -0.15) is 0 Å². The number of hydrogen-bond acceptors (Lipinski definition) is 6. The molecular weight excluding hydrogens is 420 g/mol. The number of piperidine rings is 1. The van der Waals surface area contributed by atoms with E-state index < -0.39 is 10.0 Å². The van der Waals surface area contributed by atoms with E-state index in [1.54, 1.807) is 30.0 Å². The normalized spacial score (nSPS) is 17.8. The highest BCUT2D eigenvalue weighted by molar-refractivity contribution is 7.98. The lowest BCUT2D eigenvalue weighted by molar-refractivity contribution is 0.171. The van der Waals surface area contributed by atoms with Crippen LogP contribution in [0.2, 0.25) is 0 Å². The van der Waals surface area contributed by atoms with E-state index in [9.17, 15) is 8.42 Å². The Bertz CT molecular complexity index is 973. The largest absolute Gasteiger partial charge is 0.486 e. The molecule has 2 aromatic rings. The average Bonchev–Trinajstić information content (AvgIpc) is 2.78. The summed E-state index contributed by atoms with van der Waals surface area (Å²) >= 11 is 1.78. The van der Waals surface area contributed by atoms with E-state index >= 15 is 0 Å². The Balaban J connectivity index is 1.29. The molecule has 0 aromatic heterocycles. The van der Waals surface area contributed by atoms with Gasteiger partial charge in [0.05, 0.1) is 4.90 Å². The Morgan fingerprint density at radius 2 is 1.80 bits per heavy atom. The molecule has 0 amide bonds. The molecule has 1 fully saturated rings. The van der Waals surface area contributed by atoms with Crippen LogP contribution in [0.1, 0.15) is 18.4 Å². The molecule has 0 aliphatic carbocycles. The summed E-state index contributed by atoms with van der Waals surface area (Å²) in [5.74, 6) is 1.43. The molecule has 2 heterocycles. The number of ether oxygens (including phenoxy) is 2. The topological polar surface area (TPSA) is 67.9 Å². The summed E-state index contributed by atoms with van der Waals surface area (Å²) in [6, 6.07) is 13.3. The molecule has 2 aromatic carbocycles. The number of sulfonamides is 1. The van der Waals surface area contributed by atoms with Crippen LogP contribution in [-0.4, -0.2) is 52.4 Å². The van der Waals surface area contributed by atoms with Crippen LogP contribution in [0.5, 0.6) is 11.5 Å². The number of nitrogens with one attached hydrogen (secondary N) is 1. The highest BCUT2D eigenvalue weighted by atomic mass is 32.2. The average molecular weight is 449 g/mol. The Labute approximate surface area is 183 Å². The fourth-order valence-corrected chi connectivity index (χ4v) is 5.67. The molecule has 2 aliphatic rings. The molecule has 0 saturated carbocycles. The smallest absolute Gasteiger partial charge is 0.240 e. The molecule has 162 valence electrons. The third-order valence-corrected chi connectivity index (χ3v) is 7.94. The van der Waals surface area contributed by atoms with Crippen LogP contribution < -0.4 is 14.2 Å². The third kappa shape index (κ3) is 5.11. The van der Waals surface area contributed by atoms with Gasteiger partial charge in [0.1, 0.15) is 13.2 Å². The van der Waals surface area contributed by atoms with Crippen molar-refractivity contribution in [2.24, 2.45) is 5.92 Å². The van der Waals surface area contributed by atoms with Gasteiger partial charge in [0.25, 0.3) is 0 Å². The zero-order valence-electron chi connectivity index (χ0n) is 17.2. The summed E-state index contributed by atoms with van der Waals surface area (Å²) in [5.41, 5.74) is 1.36. The van der Waals surface area contributed by atoms with Crippen LogP contribution in [0.3, 0.4) is 0 Å². The van der Waals surface area contributed by atoms with Gasteiger partial charge in [0.2, 0.25) is 10.0 Å². The third-order valence-electron chi connectivity index (χ3n) is 5.68. The van der Waals surface area contributed by atoms with Crippen molar-refractivity contribution in [3.8, 4) is 11.5 Å². The molecule has 8 heteroatoms. The monoisotopic (exact) mass is 448 g/mol. The van der Waals surface area contributed by atoms with Crippen LogP contribution in [0, 0.1) is 5.92 Å². The van der Waals surface area contributed by atoms with Crippen LogP contribution in [-0.2, 0) is 16.6 Å². The molecule has 1 saturated heterocycles. The minimum atomic E-state index is -3.57. The zero-order chi connectivity index (χ0) is 21.0. The molecule has 1 N–H and O–H groups in total. The second-order valence-electron chi connectivity index (χ2n) is 7.69. The first kappa shape index (κ1) is 21.5. The maximum absolute atomic E-state index is 12.7. The van der Waals surface area contributed by atoms with Gasteiger partial charge in [0.15, 0.2) is 11.5 Å². The lowest BCUT2D eigenvalue weighted by atomic mass is 9.97. The maximum Gasteiger partial charge on any atom is 0.240 e. The quantitative estimate of drug-likeness (QED) is 0.655. The summed E-state index contributed by atoms with van der Waals surface area (Å²) in [6.45, 7) is 4.31. The van der Waals surface area contributed by atoms with Gasteiger partial charge in [-0.3, -0.25) is 4.90 Å². The van der Waals surface area contributed by atoms with Crippen molar-refractivity contribution in [1.29, 1.82) is 0 Å². The summed E-state index contributed by atoms with van der Waals surface area (Å²) in [4.78, 5) is 4.01. The number of rotatable bonds is 7. The van der Waals surface area contributed by atoms with Crippen molar-refractivity contribution in [2.45, 2.75) is 29.2 Å². The van der Waals surface area contributed by atoms with Gasteiger partial charge in [-0.15, -0.1) is 11.8 Å². The van der Waals surface area contributed by atoms with E-state index in [1.807, 2.05) is 0 Å². The number of likely N-dealkylation sites (tertiary alicyclic amines) is 1. The van der Waals surface area contributed by atoms with Crippen molar-refractivity contribution in [3.05, 3.63) is 48.0 Å². The fourth-order valence-electron chi connectivity index (χ4n) is 3.92. The molecule has 4 rings (SSSR count). The van der Waals surface area contributed by atoms with Gasteiger partial charge < -0.3 is 9.47 Å². The number of fused-ring (bicyclic) bond motifs is 1. The van der Waals surface area contributed by atoms with Crippen molar-refractivity contribution >= 4 is 21.8 Å². The van der Waals surface area contributed by atoms with Crippen molar-refractivity contribution in [2.75, 3.05) is 39.1 Å². The van der Waals surface area contributed by atoms with Crippen molar-refractivity contribution in [3.63, 3.8) is 0 Å². The number of thioether (sulfide) groups is 1. The van der Waals surface area contributed by atoms with E-state index in [0.29, 0.717) is 37.2 Å². The lowest BCUT2D eigenvalue weighted by Crippen LogP contribution is -2.38. The molecule has 0 bridgehead atoms. The Hall–Kier alpha value is -1.74. The molecule has 0 radical (unpaired) electrons. The highest BCUT2D eigenvalue weighted by Gasteiger charge is 2.24. The first-order valence-corrected chi connectivity index (χ1v) is 13.0. The molecular formula is C22H28N2O4S2. The summed E-state index contributed by atoms with van der Waals surface area (Å²) in [7, 11) is -3.57. The van der Waals surface area contributed by atoms with Gasteiger partial charge in [-0.05, 0) is 61.9 Å². The summed E-state index contributed by atoms with van der Waals surface area (Å²) in [6.07, 6.45) is 4.09. The standard InChI is InChI=1S/C22H28N2O4S2/c1-29-22-5-3-2-4-18(22)16-24-10-8-17(9-11-24)15-23-30(25,26)19-6-7-20-21(14-19)28-13-12-27-20/h2-7,14,17,23H,8-13,15-16H2,1H3.